The van der Waals surface area contributed by atoms with Gasteiger partial charge in [-0.05, 0) is 46.0 Å². The van der Waals surface area contributed by atoms with Gasteiger partial charge in [-0.3, -0.25) is 4.79 Å². The van der Waals surface area contributed by atoms with E-state index in [-0.39, 0.29) is 23.1 Å². The van der Waals surface area contributed by atoms with Crippen LogP contribution in [-0.4, -0.2) is 41.6 Å². The predicted molar refractivity (Wildman–Crippen MR) is 169 cm³/mol. The van der Waals surface area contributed by atoms with E-state index in [2.05, 4.69) is 36.4 Å². The molecule has 0 amide bonds. The van der Waals surface area contributed by atoms with Gasteiger partial charge in [0.25, 0.3) is 0 Å². The van der Waals surface area contributed by atoms with E-state index in [9.17, 15) is 18.3 Å². The second-order valence-electron chi connectivity index (χ2n) is 10.6. The number of rotatable bonds is 9. The maximum Gasteiger partial charge on any atom is 0.304 e. The lowest BCUT2D eigenvalue weighted by molar-refractivity contribution is -0.137. The van der Waals surface area contributed by atoms with Crippen molar-refractivity contribution in [3.63, 3.8) is 0 Å². The van der Waals surface area contributed by atoms with E-state index in [4.69, 9.17) is 0 Å². The molecular weight excluding hydrogens is 563 g/mol. The zero-order valence-corrected chi connectivity index (χ0v) is 24.5. The van der Waals surface area contributed by atoms with Crippen LogP contribution in [0.1, 0.15) is 29.5 Å². The van der Waals surface area contributed by atoms with Crippen LogP contribution in [0.3, 0.4) is 0 Å². The molecule has 5 aromatic rings. The summed E-state index contributed by atoms with van der Waals surface area (Å²) in [6.45, 7) is 0.214. The number of hydrogen-bond donors (Lipinski definition) is 1. The van der Waals surface area contributed by atoms with Crippen molar-refractivity contribution in [3.05, 3.63) is 150 Å². The Morgan fingerprint density at radius 2 is 1.24 bits per heavy atom. The van der Waals surface area contributed by atoms with Crippen LogP contribution in [0.25, 0.3) is 10.8 Å². The third-order valence-corrected chi connectivity index (χ3v) is 11.6. The smallest absolute Gasteiger partial charge is 0.304 e. The highest BCUT2D eigenvalue weighted by Crippen LogP contribution is 2.52. The van der Waals surface area contributed by atoms with Crippen LogP contribution in [0.5, 0.6) is 0 Å². The molecule has 2 atom stereocenters. The number of hydrogen-bond acceptors (Lipinski definition) is 4. The summed E-state index contributed by atoms with van der Waals surface area (Å²) in [5, 5.41) is 11.4. The van der Waals surface area contributed by atoms with Crippen LogP contribution >= 0.6 is 11.8 Å². The van der Waals surface area contributed by atoms with Crippen LogP contribution in [0.15, 0.2) is 138 Å². The van der Waals surface area contributed by atoms with E-state index in [1.807, 2.05) is 84.9 Å². The molecule has 5 nitrogen and oxygen atoms in total. The molecule has 0 spiro atoms. The molecule has 1 aliphatic heterocycles. The zero-order valence-electron chi connectivity index (χ0n) is 22.9. The molecular formula is C35H31NO4S2. The molecule has 0 unspecified atom stereocenters. The molecule has 0 aromatic heterocycles. The lowest BCUT2D eigenvalue weighted by Gasteiger charge is -2.37. The normalized spacial score (nSPS) is 17.8. The monoisotopic (exact) mass is 593 g/mol. The zero-order chi connectivity index (χ0) is 29.2. The fourth-order valence-electron chi connectivity index (χ4n) is 6.05. The Morgan fingerprint density at radius 1 is 0.738 bits per heavy atom. The standard InChI is InChI=1S/C35H31NO4S2/c37-34(38)24-31-23-32(25-36(31)42(39,40)33-21-20-26-12-10-11-13-27(26)22-33)41-35(28-14-4-1-5-15-28,29-16-6-2-7-17-29)30-18-8-3-9-19-30/h1-22,31-32H,23-25H2,(H,37,38)/t31-,32+/m0/s1. The van der Waals surface area contributed by atoms with Gasteiger partial charge in [0.05, 0.1) is 16.1 Å². The number of aliphatic carboxylic acids is 1. The van der Waals surface area contributed by atoms with Crippen molar-refractivity contribution in [1.29, 1.82) is 0 Å². The second kappa shape index (κ2) is 11.8. The SMILES string of the molecule is O=C(O)C[C@@H]1C[C@@H](SC(c2ccccc2)(c2ccccc2)c2ccccc2)CN1S(=O)(=O)c1ccc2ccccc2c1. The Morgan fingerprint density at radius 3 is 1.76 bits per heavy atom. The van der Waals surface area contributed by atoms with Gasteiger partial charge < -0.3 is 5.11 Å². The van der Waals surface area contributed by atoms with Crippen LogP contribution < -0.4 is 0 Å². The van der Waals surface area contributed by atoms with Gasteiger partial charge in [-0.25, -0.2) is 8.42 Å². The van der Waals surface area contributed by atoms with Gasteiger partial charge in [0, 0.05) is 17.8 Å². The first-order valence-electron chi connectivity index (χ1n) is 13.9. The van der Waals surface area contributed by atoms with E-state index >= 15 is 0 Å². The number of fused-ring (bicyclic) bond motifs is 1. The molecule has 5 aromatic carbocycles. The number of benzene rings is 5. The lowest BCUT2D eigenvalue weighted by Crippen LogP contribution is -2.37. The Labute approximate surface area is 250 Å². The average molecular weight is 594 g/mol. The highest BCUT2D eigenvalue weighted by atomic mass is 32.2. The van der Waals surface area contributed by atoms with Gasteiger partial charge in [-0.15, -0.1) is 11.8 Å². The number of carbonyl (C=O) groups is 1. The quantitative estimate of drug-likeness (QED) is 0.183. The van der Waals surface area contributed by atoms with E-state index in [1.54, 1.807) is 23.9 Å². The van der Waals surface area contributed by atoms with Gasteiger partial charge >= 0.3 is 5.97 Å². The van der Waals surface area contributed by atoms with Gasteiger partial charge in [0.1, 0.15) is 0 Å². The lowest BCUT2D eigenvalue weighted by atomic mass is 9.84. The minimum atomic E-state index is -3.95. The van der Waals surface area contributed by atoms with Gasteiger partial charge in [0.15, 0.2) is 0 Å². The van der Waals surface area contributed by atoms with Gasteiger partial charge in [-0.1, -0.05) is 121 Å². The molecule has 1 saturated heterocycles. The Bertz CT molecular complexity index is 1700. The Kier molecular flexibility index (Phi) is 7.90. The molecule has 0 bridgehead atoms. The van der Waals surface area contributed by atoms with Gasteiger partial charge in [-0.2, -0.15) is 4.31 Å². The van der Waals surface area contributed by atoms with Crippen molar-refractivity contribution >= 4 is 38.5 Å². The summed E-state index contributed by atoms with van der Waals surface area (Å²) in [5.74, 6) is -1.01. The number of carboxylic acid groups (broad SMARTS) is 1. The van der Waals surface area contributed by atoms with Crippen LogP contribution in [-0.2, 0) is 19.6 Å². The molecule has 0 aliphatic carbocycles. The minimum absolute atomic E-state index is 0.162. The predicted octanol–water partition coefficient (Wildman–Crippen LogP) is 7.17. The van der Waals surface area contributed by atoms with E-state index in [0.29, 0.717) is 6.42 Å². The number of nitrogens with zero attached hydrogens (tertiary/aromatic N) is 1. The molecule has 42 heavy (non-hydrogen) atoms. The van der Waals surface area contributed by atoms with Crippen LogP contribution in [0, 0.1) is 0 Å². The van der Waals surface area contributed by atoms with E-state index in [1.165, 1.54) is 4.31 Å². The summed E-state index contributed by atoms with van der Waals surface area (Å²) in [6.07, 6.45) is 0.177. The summed E-state index contributed by atoms with van der Waals surface area (Å²) >= 11 is 1.71. The summed E-state index contributed by atoms with van der Waals surface area (Å²) in [5.41, 5.74) is 3.24. The summed E-state index contributed by atoms with van der Waals surface area (Å²) in [4.78, 5) is 12.2. The minimum Gasteiger partial charge on any atom is -0.481 e. The van der Waals surface area contributed by atoms with E-state index in [0.717, 1.165) is 27.5 Å². The summed E-state index contributed by atoms with van der Waals surface area (Å²) < 4.78 is 29.0. The van der Waals surface area contributed by atoms with Crippen molar-refractivity contribution < 1.29 is 18.3 Å². The fourth-order valence-corrected chi connectivity index (χ4v) is 9.73. The maximum absolute atomic E-state index is 14.1. The van der Waals surface area contributed by atoms with Crippen LogP contribution in [0.4, 0.5) is 0 Å². The largest absolute Gasteiger partial charge is 0.481 e. The molecule has 1 heterocycles. The first-order chi connectivity index (χ1) is 20.4. The molecule has 0 radical (unpaired) electrons. The van der Waals surface area contributed by atoms with Crippen molar-refractivity contribution in [1.82, 2.24) is 4.31 Å². The third kappa shape index (κ3) is 5.36. The number of carboxylic acids is 1. The van der Waals surface area contributed by atoms with Crippen molar-refractivity contribution in [2.75, 3.05) is 6.54 Å². The Balaban J connectivity index is 1.43. The molecule has 1 fully saturated rings. The topological polar surface area (TPSA) is 74.7 Å². The molecule has 1 N–H and O–H groups in total. The highest BCUT2D eigenvalue weighted by molar-refractivity contribution is 8.01. The summed E-state index contributed by atoms with van der Waals surface area (Å²) in [6, 6.07) is 42.9. The fraction of sp³-hybridized carbons (Fsp3) is 0.171. The molecule has 212 valence electrons. The van der Waals surface area contributed by atoms with Gasteiger partial charge in [0.2, 0.25) is 10.0 Å². The molecule has 0 saturated carbocycles. The maximum atomic E-state index is 14.1. The molecule has 1 aliphatic rings. The highest BCUT2D eigenvalue weighted by Gasteiger charge is 2.46. The van der Waals surface area contributed by atoms with Crippen molar-refractivity contribution in [3.8, 4) is 0 Å². The third-order valence-electron chi connectivity index (χ3n) is 7.95. The average Bonchev–Trinajstić information content (AvgIpc) is 3.43. The first kappa shape index (κ1) is 28.2. The van der Waals surface area contributed by atoms with Crippen molar-refractivity contribution in [2.24, 2.45) is 0 Å². The van der Waals surface area contributed by atoms with E-state index < -0.39 is 26.8 Å². The first-order valence-corrected chi connectivity index (χ1v) is 16.3. The van der Waals surface area contributed by atoms with Crippen molar-refractivity contribution in [2.45, 2.75) is 33.8 Å². The summed E-state index contributed by atoms with van der Waals surface area (Å²) in [7, 11) is -3.95. The second-order valence-corrected chi connectivity index (χ2v) is 14.0. The Hall–Kier alpha value is -3.91. The van der Waals surface area contributed by atoms with Crippen LogP contribution in [0.2, 0.25) is 0 Å². The number of sulfonamides is 1. The number of thioether (sulfide) groups is 1. The molecule has 7 heteroatoms. The molecule has 6 rings (SSSR count).